The summed E-state index contributed by atoms with van der Waals surface area (Å²) in [6, 6.07) is 13.0. The lowest BCUT2D eigenvalue weighted by atomic mass is 9.74. The molecule has 0 unspecified atom stereocenters. The van der Waals surface area contributed by atoms with Gasteiger partial charge in [0.25, 0.3) is 0 Å². The van der Waals surface area contributed by atoms with Gasteiger partial charge >= 0.3 is 6.03 Å². The second-order valence-corrected chi connectivity index (χ2v) is 6.24. The normalized spacial score (nSPS) is 16.8. The molecule has 0 bridgehead atoms. The number of barbiturate groups is 1. The second-order valence-electron chi connectivity index (χ2n) is 6.24. The highest BCUT2D eigenvalue weighted by Crippen LogP contribution is 2.34. The Balaban J connectivity index is 2.05. The molecule has 5 heteroatoms. The first-order chi connectivity index (χ1) is 11.6. The Bertz CT molecular complexity index is 788. The van der Waals surface area contributed by atoms with E-state index in [-0.39, 0.29) is 6.42 Å². The number of amides is 4. The van der Waals surface area contributed by atoms with E-state index in [0.717, 1.165) is 29.2 Å². The summed E-state index contributed by atoms with van der Waals surface area (Å²) in [5, 5.41) is 6.62. The molecule has 2 aromatic rings. The van der Waals surface area contributed by atoms with Crippen LogP contribution in [0.1, 0.15) is 31.7 Å². The number of nitrogens with one attached hydrogen (secondary N) is 2. The highest BCUT2D eigenvalue weighted by Gasteiger charge is 2.49. The van der Waals surface area contributed by atoms with Gasteiger partial charge in [0.05, 0.1) is 0 Å². The highest BCUT2D eigenvalue weighted by molar-refractivity contribution is 6.19. The van der Waals surface area contributed by atoms with E-state index in [9.17, 15) is 14.4 Å². The van der Waals surface area contributed by atoms with Gasteiger partial charge in [-0.2, -0.15) is 0 Å². The van der Waals surface area contributed by atoms with E-state index >= 15 is 0 Å². The minimum Gasteiger partial charge on any atom is -0.277 e. The number of carbonyl (C=O) groups is 3. The lowest BCUT2D eigenvalue weighted by molar-refractivity contribution is -0.145. The van der Waals surface area contributed by atoms with Gasteiger partial charge in [0.15, 0.2) is 0 Å². The van der Waals surface area contributed by atoms with Crippen molar-refractivity contribution >= 4 is 28.6 Å². The summed E-state index contributed by atoms with van der Waals surface area (Å²) in [5.41, 5.74) is -0.308. The molecule has 0 saturated carbocycles. The zero-order chi connectivity index (χ0) is 17.2. The maximum atomic E-state index is 12.6. The molecule has 1 fully saturated rings. The molecule has 3 rings (SSSR count). The molecule has 2 N–H and O–H groups in total. The minimum absolute atomic E-state index is 0.277. The van der Waals surface area contributed by atoms with Crippen molar-refractivity contribution in [2.24, 2.45) is 5.41 Å². The average molecular weight is 324 g/mol. The lowest BCUT2D eigenvalue weighted by Gasteiger charge is -2.34. The third-order valence-corrected chi connectivity index (χ3v) is 4.65. The van der Waals surface area contributed by atoms with E-state index in [1.807, 2.05) is 49.4 Å². The summed E-state index contributed by atoms with van der Waals surface area (Å²) in [6.45, 7) is 2.01. The largest absolute Gasteiger partial charge is 0.328 e. The number of benzene rings is 2. The van der Waals surface area contributed by atoms with Crippen LogP contribution in [0.5, 0.6) is 0 Å². The number of imide groups is 2. The molecule has 5 nitrogen and oxygen atoms in total. The highest BCUT2D eigenvalue weighted by atomic mass is 16.2. The first-order valence-corrected chi connectivity index (χ1v) is 8.20. The summed E-state index contributed by atoms with van der Waals surface area (Å²) >= 11 is 0. The smallest absolute Gasteiger partial charge is 0.277 e. The number of carbonyl (C=O) groups excluding carboxylic acids is 3. The van der Waals surface area contributed by atoms with Crippen molar-refractivity contribution in [3.05, 3.63) is 48.0 Å². The predicted molar refractivity (Wildman–Crippen MR) is 91.3 cm³/mol. The number of urea groups is 1. The Kier molecular flexibility index (Phi) is 4.34. The van der Waals surface area contributed by atoms with Crippen molar-refractivity contribution in [3.8, 4) is 0 Å². The maximum absolute atomic E-state index is 12.6. The Morgan fingerprint density at radius 2 is 1.58 bits per heavy atom. The standard InChI is InChI=1S/C19H20N2O3/c1-2-3-11-19(16(22)20-18(24)21-17(19)23)12-14-9-6-8-13-7-4-5-10-15(13)14/h4-10H,2-3,11-12H2,1H3,(H2,20,21,22,23,24). The predicted octanol–water partition coefficient (Wildman–Crippen LogP) is 2.92. The Hall–Kier alpha value is -2.69. The van der Waals surface area contributed by atoms with E-state index < -0.39 is 23.3 Å². The van der Waals surface area contributed by atoms with Crippen molar-refractivity contribution in [2.75, 3.05) is 0 Å². The van der Waals surface area contributed by atoms with Crippen LogP contribution in [0.4, 0.5) is 4.79 Å². The second kappa shape index (κ2) is 6.43. The third-order valence-electron chi connectivity index (χ3n) is 4.65. The van der Waals surface area contributed by atoms with Crippen LogP contribution in [-0.2, 0) is 16.0 Å². The van der Waals surface area contributed by atoms with Crippen LogP contribution in [0.3, 0.4) is 0 Å². The fourth-order valence-corrected chi connectivity index (χ4v) is 3.31. The molecule has 1 aliphatic heterocycles. The number of fused-ring (bicyclic) bond motifs is 1. The number of hydrogen-bond acceptors (Lipinski definition) is 3. The zero-order valence-electron chi connectivity index (χ0n) is 13.6. The fraction of sp³-hybridized carbons (Fsp3) is 0.316. The van der Waals surface area contributed by atoms with Crippen molar-refractivity contribution in [3.63, 3.8) is 0 Å². The van der Waals surface area contributed by atoms with Gasteiger partial charge in [0.1, 0.15) is 5.41 Å². The van der Waals surface area contributed by atoms with Gasteiger partial charge in [0.2, 0.25) is 11.8 Å². The van der Waals surface area contributed by atoms with Crippen molar-refractivity contribution in [1.82, 2.24) is 10.6 Å². The molecule has 0 radical (unpaired) electrons. The van der Waals surface area contributed by atoms with Crippen LogP contribution in [0.15, 0.2) is 42.5 Å². The molecule has 124 valence electrons. The van der Waals surface area contributed by atoms with E-state index in [4.69, 9.17) is 0 Å². The van der Waals surface area contributed by atoms with E-state index in [0.29, 0.717) is 6.42 Å². The monoisotopic (exact) mass is 324 g/mol. The molecule has 0 atom stereocenters. The molecule has 1 saturated heterocycles. The molecule has 2 aromatic carbocycles. The zero-order valence-corrected chi connectivity index (χ0v) is 13.6. The fourth-order valence-electron chi connectivity index (χ4n) is 3.31. The molecular weight excluding hydrogens is 304 g/mol. The number of rotatable bonds is 5. The van der Waals surface area contributed by atoms with E-state index in [1.165, 1.54) is 0 Å². The molecule has 4 amide bonds. The van der Waals surface area contributed by atoms with E-state index in [2.05, 4.69) is 10.6 Å². The SMILES string of the molecule is CCCCC1(Cc2cccc3ccccc23)C(=O)NC(=O)NC1=O. The Morgan fingerprint density at radius 3 is 2.29 bits per heavy atom. The molecule has 1 heterocycles. The molecular formula is C19H20N2O3. The summed E-state index contributed by atoms with van der Waals surface area (Å²) < 4.78 is 0. The molecule has 24 heavy (non-hydrogen) atoms. The molecule has 1 aliphatic rings. The van der Waals surface area contributed by atoms with Crippen molar-refractivity contribution in [1.29, 1.82) is 0 Å². The third kappa shape index (κ3) is 2.77. The number of unbranched alkanes of at least 4 members (excludes halogenated alkanes) is 1. The van der Waals surface area contributed by atoms with Crippen LogP contribution in [-0.4, -0.2) is 17.8 Å². The van der Waals surface area contributed by atoms with Gasteiger partial charge in [-0.3, -0.25) is 20.2 Å². The minimum atomic E-state index is -1.24. The van der Waals surface area contributed by atoms with Gasteiger partial charge < -0.3 is 0 Å². The van der Waals surface area contributed by atoms with Gasteiger partial charge in [-0.15, -0.1) is 0 Å². The van der Waals surface area contributed by atoms with Gasteiger partial charge in [-0.05, 0) is 29.2 Å². The summed E-state index contributed by atoms with van der Waals surface area (Å²) in [7, 11) is 0. The first-order valence-electron chi connectivity index (χ1n) is 8.20. The van der Waals surface area contributed by atoms with Gasteiger partial charge in [0, 0.05) is 0 Å². The lowest BCUT2D eigenvalue weighted by Crippen LogP contribution is -2.63. The summed E-state index contributed by atoms with van der Waals surface area (Å²) in [5.74, 6) is -1.00. The van der Waals surface area contributed by atoms with Crippen LogP contribution in [0.2, 0.25) is 0 Å². The van der Waals surface area contributed by atoms with Gasteiger partial charge in [-0.25, -0.2) is 4.79 Å². The van der Waals surface area contributed by atoms with Crippen molar-refractivity contribution in [2.45, 2.75) is 32.6 Å². The van der Waals surface area contributed by atoms with Crippen LogP contribution < -0.4 is 10.6 Å². The maximum Gasteiger partial charge on any atom is 0.328 e. The molecule has 0 spiro atoms. The quantitative estimate of drug-likeness (QED) is 0.830. The van der Waals surface area contributed by atoms with Crippen LogP contribution >= 0.6 is 0 Å². The van der Waals surface area contributed by atoms with Crippen molar-refractivity contribution < 1.29 is 14.4 Å². The molecule has 0 aliphatic carbocycles. The average Bonchev–Trinajstić information content (AvgIpc) is 2.57. The number of hydrogen-bond donors (Lipinski definition) is 2. The topological polar surface area (TPSA) is 75.3 Å². The van der Waals surface area contributed by atoms with E-state index in [1.54, 1.807) is 0 Å². The summed E-state index contributed by atoms with van der Waals surface area (Å²) in [4.78, 5) is 36.6. The molecule has 0 aromatic heterocycles. The van der Waals surface area contributed by atoms with Crippen LogP contribution in [0, 0.1) is 5.41 Å². The van der Waals surface area contributed by atoms with Gasteiger partial charge in [-0.1, -0.05) is 62.2 Å². The Morgan fingerprint density at radius 1 is 0.917 bits per heavy atom. The Labute approximate surface area is 140 Å². The first kappa shape index (κ1) is 16.2. The van der Waals surface area contributed by atoms with Crippen LogP contribution in [0.25, 0.3) is 10.8 Å². The summed E-state index contributed by atoms with van der Waals surface area (Å²) in [6.07, 6.45) is 2.29.